The van der Waals surface area contributed by atoms with Gasteiger partial charge < -0.3 is 14.8 Å². The maximum atomic E-state index is 12.6. The number of nitrogens with one attached hydrogen (secondary N) is 1. The molecule has 8 heteroatoms. The van der Waals surface area contributed by atoms with E-state index in [4.69, 9.17) is 21.1 Å². The molecule has 2 aromatic rings. The summed E-state index contributed by atoms with van der Waals surface area (Å²) in [6, 6.07) is 10.2. The summed E-state index contributed by atoms with van der Waals surface area (Å²) < 4.78 is 11.5. The van der Waals surface area contributed by atoms with Gasteiger partial charge in [-0.1, -0.05) is 39.7 Å². The van der Waals surface area contributed by atoms with Crippen molar-refractivity contribution in [3.8, 4) is 11.5 Å². The van der Waals surface area contributed by atoms with Crippen LogP contribution in [0.2, 0.25) is 5.02 Å². The largest absolute Gasteiger partial charge is 0.454 e. The quantitative estimate of drug-likeness (QED) is 0.586. The summed E-state index contributed by atoms with van der Waals surface area (Å²) in [7, 11) is 0. The molecule has 4 rings (SSSR count). The van der Waals surface area contributed by atoms with Gasteiger partial charge in [0.05, 0.1) is 11.6 Å². The number of nitrogens with zero attached hydrogens (tertiary/aromatic N) is 1. The van der Waals surface area contributed by atoms with Crippen LogP contribution in [-0.2, 0) is 11.3 Å². The van der Waals surface area contributed by atoms with Gasteiger partial charge in [0.25, 0.3) is 5.91 Å². The van der Waals surface area contributed by atoms with Crippen molar-refractivity contribution in [3.63, 3.8) is 0 Å². The second-order valence-corrected chi connectivity index (χ2v) is 7.06. The Bertz CT molecular complexity index is 943. The summed E-state index contributed by atoms with van der Waals surface area (Å²) in [4.78, 5) is 25.9. The molecule has 1 fully saturated rings. The first-order valence-corrected chi connectivity index (χ1v) is 8.86. The van der Waals surface area contributed by atoms with Gasteiger partial charge in [-0.3, -0.25) is 9.69 Å². The van der Waals surface area contributed by atoms with E-state index in [9.17, 15) is 9.59 Å². The standard InChI is InChI=1S/C18H12BrClN2O4/c19-12-3-1-10(2-4-12)8-22-17(23)14(21-18(22)24)5-11-6-15-16(7-13(11)20)26-9-25-15/h1-7H,8-9H2,(H,21,24)/b14-5-. The number of benzene rings is 2. The van der Waals surface area contributed by atoms with Crippen molar-refractivity contribution >= 4 is 45.5 Å². The van der Waals surface area contributed by atoms with E-state index in [1.54, 1.807) is 12.1 Å². The van der Waals surface area contributed by atoms with Crippen LogP contribution in [0.15, 0.2) is 46.6 Å². The van der Waals surface area contributed by atoms with E-state index in [2.05, 4.69) is 21.2 Å². The van der Waals surface area contributed by atoms with Crippen LogP contribution in [0.1, 0.15) is 11.1 Å². The van der Waals surface area contributed by atoms with Crippen molar-refractivity contribution in [2.75, 3.05) is 6.79 Å². The number of carbonyl (C=O) groups excluding carboxylic acids is 2. The second kappa shape index (κ2) is 6.66. The Morgan fingerprint density at radius 1 is 1.15 bits per heavy atom. The van der Waals surface area contributed by atoms with Gasteiger partial charge >= 0.3 is 6.03 Å². The summed E-state index contributed by atoms with van der Waals surface area (Å²) in [5.41, 5.74) is 1.57. The van der Waals surface area contributed by atoms with E-state index in [0.717, 1.165) is 14.9 Å². The van der Waals surface area contributed by atoms with Gasteiger partial charge in [-0.15, -0.1) is 0 Å². The number of carbonyl (C=O) groups is 2. The molecule has 0 atom stereocenters. The van der Waals surface area contributed by atoms with Crippen molar-refractivity contribution < 1.29 is 19.1 Å². The zero-order valence-corrected chi connectivity index (χ0v) is 15.6. The van der Waals surface area contributed by atoms with Crippen molar-refractivity contribution in [3.05, 3.63) is 62.7 Å². The lowest BCUT2D eigenvalue weighted by atomic mass is 10.1. The number of fused-ring (bicyclic) bond motifs is 1. The molecule has 2 aromatic carbocycles. The van der Waals surface area contributed by atoms with Crippen LogP contribution >= 0.6 is 27.5 Å². The van der Waals surface area contributed by atoms with Gasteiger partial charge in [0, 0.05) is 10.5 Å². The fourth-order valence-electron chi connectivity index (χ4n) is 2.69. The third kappa shape index (κ3) is 3.15. The molecule has 26 heavy (non-hydrogen) atoms. The molecule has 0 aromatic heterocycles. The molecule has 1 saturated heterocycles. The Morgan fingerprint density at radius 3 is 2.58 bits per heavy atom. The summed E-state index contributed by atoms with van der Waals surface area (Å²) in [6.45, 7) is 0.312. The maximum absolute atomic E-state index is 12.6. The van der Waals surface area contributed by atoms with Gasteiger partial charge in [-0.2, -0.15) is 0 Å². The smallest absolute Gasteiger partial charge is 0.329 e. The molecule has 0 saturated carbocycles. The van der Waals surface area contributed by atoms with Gasteiger partial charge in [0.2, 0.25) is 6.79 Å². The average molecular weight is 436 g/mol. The molecule has 1 N–H and O–H groups in total. The Morgan fingerprint density at radius 2 is 1.85 bits per heavy atom. The number of urea groups is 1. The normalized spacial score (nSPS) is 17.2. The number of ether oxygens (including phenoxy) is 2. The van der Waals surface area contributed by atoms with Crippen LogP contribution in [0, 0.1) is 0 Å². The lowest BCUT2D eigenvalue weighted by Gasteiger charge is -2.11. The fourth-order valence-corrected chi connectivity index (χ4v) is 3.16. The molecule has 6 nitrogen and oxygen atoms in total. The van der Waals surface area contributed by atoms with Gasteiger partial charge in [0.15, 0.2) is 11.5 Å². The second-order valence-electron chi connectivity index (χ2n) is 5.73. The van der Waals surface area contributed by atoms with Crippen LogP contribution in [0.4, 0.5) is 4.79 Å². The van der Waals surface area contributed by atoms with Crippen LogP contribution in [0.3, 0.4) is 0 Å². The Labute approximate surface area is 162 Å². The van der Waals surface area contributed by atoms with Crippen LogP contribution in [-0.4, -0.2) is 23.6 Å². The SMILES string of the molecule is O=C1N/C(=C\c2cc3c(cc2Cl)OCO3)C(=O)N1Cc1ccc(Br)cc1. The Kier molecular flexibility index (Phi) is 4.34. The van der Waals surface area contributed by atoms with Crippen LogP contribution in [0.5, 0.6) is 11.5 Å². The zero-order chi connectivity index (χ0) is 18.3. The lowest BCUT2D eigenvalue weighted by Crippen LogP contribution is -2.30. The molecule has 0 spiro atoms. The Balaban J connectivity index is 1.59. The van der Waals surface area contributed by atoms with Crippen LogP contribution in [0.25, 0.3) is 6.08 Å². The predicted octanol–water partition coefficient (Wildman–Crippen LogP) is 3.92. The molecule has 3 amide bonds. The van der Waals surface area contributed by atoms with Crippen molar-refractivity contribution in [1.29, 1.82) is 0 Å². The van der Waals surface area contributed by atoms with Crippen LogP contribution < -0.4 is 14.8 Å². The highest BCUT2D eigenvalue weighted by molar-refractivity contribution is 9.10. The minimum atomic E-state index is -0.471. The third-order valence-electron chi connectivity index (χ3n) is 4.01. The first kappa shape index (κ1) is 16.9. The molecule has 0 aliphatic carbocycles. The van der Waals surface area contributed by atoms with E-state index in [1.807, 2.05) is 24.3 Å². The van der Waals surface area contributed by atoms with E-state index >= 15 is 0 Å². The van der Waals surface area contributed by atoms with E-state index < -0.39 is 11.9 Å². The van der Waals surface area contributed by atoms with Gasteiger partial charge in [-0.25, -0.2) is 4.79 Å². The molecule has 2 aliphatic heterocycles. The number of hydrogen-bond donors (Lipinski definition) is 1. The molecule has 2 heterocycles. The monoisotopic (exact) mass is 434 g/mol. The maximum Gasteiger partial charge on any atom is 0.329 e. The number of hydrogen-bond acceptors (Lipinski definition) is 4. The highest BCUT2D eigenvalue weighted by Crippen LogP contribution is 2.37. The molecule has 0 bridgehead atoms. The van der Waals surface area contributed by atoms with E-state index in [1.165, 1.54) is 6.08 Å². The topological polar surface area (TPSA) is 67.9 Å². The molecule has 132 valence electrons. The van der Waals surface area contributed by atoms with Gasteiger partial charge in [0.1, 0.15) is 5.70 Å². The fraction of sp³-hybridized carbons (Fsp3) is 0.111. The summed E-state index contributed by atoms with van der Waals surface area (Å²) in [6.07, 6.45) is 1.53. The molecule has 2 aliphatic rings. The van der Waals surface area contributed by atoms with E-state index in [0.29, 0.717) is 22.1 Å². The molecular weight excluding hydrogens is 424 g/mol. The minimum absolute atomic E-state index is 0.127. The summed E-state index contributed by atoms with van der Waals surface area (Å²) >= 11 is 9.59. The first-order chi connectivity index (χ1) is 12.5. The first-order valence-electron chi connectivity index (χ1n) is 7.69. The number of amides is 3. The molecular formula is C18H12BrClN2O4. The summed E-state index contributed by atoms with van der Waals surface area (Å²) in [5, 5.41) is 2.99. The van der Waals surface area contributed by atoms with Crippen molar-refractivity contribution in [1.82, 2.24) is 10.2 Å². The lowest BCUT2D eigenvalue weighted by molar-refractivity contribution is -0.123. The number of imide groups is 1. The van der Waals surface area contributed by atoms with Crippen molar-refractivity contribution in [2.45, 2.75) is 6.54 Å². The molecule has 0 radical (unpaired) electrons. The predicted molar refractivity (Wildman–Crippen MR) is 98.8 cm³/mol. The number of halogens is 2. The molecule has 0 unspecified atom stereocenters. The minimum Gasteiger partial charge on any atom is -0.454 e. The third-order valence-corrected chi connectivity index (χ3v) is 4.86. The highest BCUT2D eigenvalue weighted by Gasteiger charge is 2.33. The highest BCUT2D eigenvalue weighted by atomic mass is 79.9. The Hall–Kier alpha value is -2.51. The number of rotatable bonds is 3. The summed E-state index contributed by atoms with van der Waals surface area (Å²) in [5.74, 6) is 0.687. The zero-order valence-electron chi connectivity index (χ0n) is 13.3. The average Bonchev–Trinajstić information content (AvgIpc) is 3.16. The van der Waals surface area contributed by atoms with E-state index in [-0.39, 0.29) is 19.0 Å². The van der Waals surface area contributed by atoms with Crippen molar-refractivity contribution in [2.24, 2.45) is 0 Å². The van der Waals surface area contributed by atoms with Gasteiger partial charge in [-0.05, 0) is 35.4 Å².